The molecule has 0 aliphatic rings. The number of hydrogen-bond acceptors (Lipinski definition) is 4. The molecule has 0 aliphatic heterocycles. The van der Waals surface area contributed by atoms with Crippen molar-refractivity contribution in [3.8, 4) is 0 Å². The fourth-order valence-electron chi connectivity index (χ4n) is 1.38. The SMILES string of the molecule is CCc1nsc(Nn2c(C)ccc2C)n1. The summed E-state index contributed by atoms with van der Waals surface area (Å²) in [5.74, 6) is 0.893. The largest absolute Gasteiger partial charge is 0.268 e. The molecule has 0 saturated carbocycles. The van der Waals surface area contributed by atoms with Gasteiger partial charge in [0.1, 0.15) is 5.82 Å². The van der Waals surface area contributed by atoms with E-state index in [0.717, 1.165) is 17.4 Å². The van der Waals surface area contributed by atoms with Crippen LogP contribution in [0.25, 0.3) is 0 Å². The Balaban J connectivity index is 2.21. The van der Waals surface area contributed by atoms with Crippen molar-refractivity contribution in [2.24, 2.45) is 0 Å². The molecule has 0 saturated heterocycles. The summed E-state index contributed by atoms with van der Waals surface area (Å²) in [5.41, 5.74) is 5.57. The Kier molecular flexibility index (Phi) is 2.73. The van der Waals surface area contributed by atoms with Gasteiger partial charge in [-0.15, -0.1) is 0 Å². The summed E-state index contributed by atoms with van der Waals surface area (Å²) < 4.78 is 6.24. The molecule has 2 rings (SSSR count). The average Bonchev–Trinajstić information content (AvgIpc) is 2.80. The van der Waals surface area contributed by atoms with Crippen LogP contribution >= 0.6 is 11.5 Å². The normalized spacial score (nSPS) is 10.6. The lowest BCUT2D eigenvalue weighted by Gasteiger charge is -2.08. The lowest BCUT2D eigenvalue weighted by molar-refractivity contribution is 0.873. The highest BCUT2D eigenvalue weighted by molar-refractivity contribution is 7.09. The third kappa shape index (κ3) is 2.02. The number of hydrogen-bond donors (Lipinski definition) is 1. The molecule has 0 aliphatic carbocycles. The summed E-state index contributed by atoms with van der Waals surface area (Å²) in [6.45, 7) is 6.17. The van der Waals surface area contributed by atoms with Crippen molar-refractivity contribution < 1.29 is 0 Å². The fraction of sp³-hybridized carbons (Fsp3) is 0.400. The monoisotopic (exact) mass is 222 g/mol. The second kappa shape index (κ2) is 4.02. The van der Waals surface area contributed by atoms with Gasteiger partial charge in [0.15, 0.2) is 0 Å². The van der Waals surface area contributed by atoms with E-state index in [4.69, 9.17) is 0 Å². The van der Waals surface area contributed by atoms with Crippen LogP contribution in [0.2, 0.25) is 0 Å². The van der Waals surface area contributed by atoms with Gasteiger partial charge in [-0.2, -0.15) is 4.37 Å². The first-order chi connectivity index (χ1) is 7.20. The third-order valence-electron chi connectivity index (χ3n) is 2.26. The minimum Gasteiger partial charge on any atom is -0.268 e. The Labute approximate surface area is 93.1 Å². The molecule has 2 heterocycles. The van der Waals surface area contributed by atoms with Crippen molar-refractivity contribution in [3.63, 3.8) is 0 Å². The van der Waals surface area contributed by atoms with E-state index >= 15 is 0 Å². The van der Waals surface area contributed by atoms with Crippen LogP contribution in [-0.4, -0.2) is 14.0 Å². The lowest BCUT2D eigenvalue weighted by atomic mass is 10.5. The second-order valence-electron chi connectivity index (χ2n) is 3.43. The topological polar surface area (TPSA) is 42.7 Å². The van der Waals surface area contributed by atoms with Gasteiger partial charge in [-0.25, -0.2) is 4.98 Å². The van der Waals surface area contributed by atoms with Crippen molar-refractivity contribution in [1.82, 2.24) is 14.0 Å². The van der Waals surface area contributed by atoms with Gasteiger partial charge >= 0.3 is 0 Å². The summed E-state index contributed by atoms with van der Waals surface area (Å²) in [6, 6.07) is 4.15. The average molecular weight is 222 g/mol. The van der Waals surface area contributed by atoms with Crippen molar-refractivity contribution >= 4 is 16.7 Å². The summed E-state index contributed by atoms with van der Waals surface area (Å²) in [7, 11) is 0. The molecule has 0 radical (unpaired) electrons. The number of aromatic nitrogens is 3. The van der Waals surface area contributed by atoms with Crippen molar-refractivity contribution in [2.75, 3.05) is 5.43 Å². The predicted molar refractivity (Wildman–Crippen MR) is 62.2 cm³/mol. The number of nitrogens with one attached hydrogen (secondary N) is 1. The Morgan fingerprint density at radius 2 is 2.00 bits per heavy atom. The molecule has 0 unspecified atom stereocenters. The molecule has 5 heteroatoms. The molecule has 0 bridgehead atoms. The summed E-state index contributed by atoms with van der Waals surface area (Å²) in [6.07, 6.45) is 0.877. The molecule has 80 valence electrons. The maximum absolute atomic E-state index is 4.36. The highest BCUT2D eigenvalue weighted by Gasteiger charge is 2.05. The van der Waals surface area contributed by atoms with Crippen LogP contribution in [-0.2, 0) is 6.42 Å². The predicted octanol–water partition coefficient (Wildman–Crippen LogP) is 2.39. The molecule has 0 atom stereocenters. The number of aryl methyl sites for hydroxylation is 3. The van der Waals surface area contributed by atoms with Gasteiger partial charge in [0.2, 0.25) is 5.13 Å². The van der Waals surface area contributed by atoms with Crippen LogP contribution < -0.4 is 5.43 Å². The fourth-order valence-corrected chi connectivity index (χ4v) is 2.02. The van der Waals surface area contributed by atoms with E-state index in [1.165, 1.54) is 22.9 Å². The van der Waals surface area contributed by atoms with Gasteiger partial charge in [0, 0.05) is 29.3 Å². The van der Waals surface area contributed by atoms with Gasteiger partial charge in [0.25, 0.3) is 0 Å². The van der Waals surface area contributed by atoms with Gasteiger partial charge in [-0.1, -0.05) is 6.92 Å². The second-order valence-corrected chi connectivity index (χ2v) is 4.18. The molecule has 15 heavy (non-hydrogen) atoms. The Morgan fingerprint density at radius 3 is 2.53 bits per heavy atom. The molecule has 0 fully saturated rings. The molecule has 2 aromatic rings. The summed E-state index contributed by atoms with van der Waals surface area (Å²) >= 11 is 1.40. The van der Waals surface area contributed by atoms with Gasteiger partial charge in [-0.05, 0) is 26.0 Å². The van der Waals surface area contributed by atoms with Crippen LogP contribution in [0.4, 0.5) is 5.13 Å². The van der Waals surface area contributed by atoms with Crippen LogP contribution in [0.3, 0.4) is 0 Å². The molecule has 2 aromatic heterocycles. The zero-order valence-corrected chi connectivity index (χ0v) is 9.93. The van der Waals surface area contributed by atoms with Crippen molar-refractivity contribution in [2.45, 2.75) is 27.2 Å². The minimum absolute atomic E-state index is 0.842. The van der Waals surface area contributed by atoms with Crippen LogP contribution in [0.5, 0.6) is 0 Å². The van der Waals surface area contributed by atoms with Crippen LogP contribution in [0, 0.1) is 13.8 Å². The van der Waals surface area contributed by atoms with Crippen molar-refractivity contribution in [3.05, 3.63) is 29.3 Å². The lowest BCUT2D eigenvalue weighted by Crippen LogP contribution is -2.11. The van der Waals surface area contributed by atoms with E-state index < -0.39 is 0 Å². The highest BCUT2D eigenvalue weighted by Crippen LogP contribution is 2.14. The number of anilines is 1. The van der Waals surface area contributed by atoms with Gasteiger partial charge in [-0.3, -0.25) is 10.1 Å². The van der Waals surface area contributed by atoms with E-state index in [-0.39, 0.29) is 0 Å². The Hall–Kier alpha value is -1.36. The van der Waals surface area contributed by atoms with E-state index in [2.05, 4.69) is 47.7 Å². The smallest absolute Gasteiger partial charge is 0.221 e. The first kappa shape index (κ1) is 10.2. The minimum atomic E-state index is 0.842. The van der Waals surface area contributed by atoms with Gasteiger partial charge < -0.3 is 0 Å². The standard InChI is InChI=1S/C10H14N4S/c1-4-9-11-10(15-13-9)12-14-7(2)5-6-8(14)3/h5-6H,4H2,1-3H3,(H,11,12,13). The molecule has 0 aromatic carbocycles. The Morgan fingerprint density at radius 1 is 1.33 bits per heavy atom. The Bertz CT molecular complexity index is 438. The maximum Gasteiger partial charge on any atom is 0.221 e. The van der Waals surface area contributed by atoms with E-state index in [9.17, 15) is 0 Å². The number of nitrogens with zero attached hydrogens (tertiary/aromatic N) is 3. The third-order valence-corrected chi connectivity index (χ3v) is 2.92. The quantitative estimate of drug-likeness (QED) is 0.867. The van der Waals surface area contributed by atoms with E-state index in [1.54, 1.807) is 0 Å². The summed E-state index contributed by atoms with van der Waals surface area (Å²) in [4.78, 5) is 4.36. The first-order valence-electron chi connectivity index (χ1n) is 4.95. The molecule has 4 nitrogen and oxygen atoms in total. The molecular formula is C10H14N4S. The zero-order valence-electron chi connectivity index (χ0n) is 9.11. The van der Waals surface area contributed by atoms with E-state index in [0.29, 0.717) is 0 Å². The van der Waals surface area contributed by atoms with E-state index in [1.807, 2.05) is 4.68 Å². The summed E-state index contributed by atoms with van der Waals surface area (Å²) in [5, 5.41) is 0.842. The van der Waals surface area contributed by atoms with Crippen LogP contribution in [0.15, 0.2) is 12.1 Å². The number of rotatable bonds is 3. The molecule has 0 spiro atoms. The molecule has 1 N–H and O–H groups in total. The first-order valence-corrected chi connectivity index (χ1v) is 5.72. The highest BCUT2D eigenvalue weighted by atomic mass is 32.1. The zero-order chi connectivity index (χ0) is 10.8. The van der Waals surface area contributed by atoms with Crippen molar-refractivity contribution in [1.29, 1.82) is 0 Å². The molecular weight excluding hydrogens is 208 g/mol. The van der Waals surface area contributed by atoms with Crippen LogP contribution in [0.1, 0.15) is 24.1 Å². The van der Waals surface area contributed by atoms with Gasteiger partial charge in [0.05, 0.1) is 0 Å². The maximum atomic E-state index is 4.36. The molecule has 0 amide bonds.